The number of tetrazole rings is 1. The van der Waals surface area contributed by atoms with Crippen LogP contribution in [0.1, 0.15) is 30.4 Å². The summed E-state index contributed by atoms with van der Waals surface area (Å²) < 4.78 is 28.8. The summed E-state index contributed by atoms with van der Waals surface area (Å²) in [5, 5.41) is 13.0. The number of hydrogen-bond donors (Lipinski definition) is 3. The standard InChI is InChI=1S/C10H15N7O2S/c11-4-8-3-9(6-17(8)7-1-2-7)20(18,19)12-5-10-13-15-16-14-10/h3,6-7,12H,1-2,4-5,11H2,(H,13,14,15,16). The lowest BCUT2D eigenvalue weighted by molar-refractivity contribution is 0.578. The van der Waals surface area contributed by atoms with Crippen LogP contribution in [0.25, 0.3) is 0 Å². The van der Waals surface area contributed by atoms with Gasteiger partial charge in [-0.3, -0.25) is 0 Å². The lowest BCUT2D eigenvalue weighted by Gasteiger charge is -2.03. The number of nitrogens with one attached hydrogen (secondary N) is 2. The fraction of sp³-hybridized carbons (Fsp3) is 0.500. The van der Waals surface area contributed by atoms with E-state index in [0.717, 1.165) is 18.5 Å². The van der Waals surface area contributed by atoms with Gasteiger partial charge in [0.05, 0.1) is 11.4 Å². The Morgan fingerprint density at radius 2 is 2.30 bits per heavy atom. The van der Waals surface area contributed by atoms with Crippen LogP contribution in [-0.2, 0) is 23.1 Å². The highest BCUT2D eigenvalue weighted by atomic mass is 32.2. The molecule has 1 aliphatic rings. The molecule has 0 bridgehead atoms. The largest absolute Gasteiger partial charge is 0.346 e. The maximum Gasteiger partial charge on any atom is 0.242 e. The first-order valence-electron chi connectivity index (χ1n) is 6.23. The Kier molecular flexibility index (Phi) is 3.28. The molecular weight excluding hydrogens is 282 g/mol. The predicted molar refractivity (Wildman–Crippen MR) is 68.8 cm³/mol. The molecule has 0 aliphatic heterocycles. The summed E-state index contributed by atoms with van der Waals surface area (Å²) in [5.41, 5.74) is 6.48. The molecule has 0 saturated heterocycles. The van der Waals surface area contributed by atoms with Crippen molar-refractivity contribution in [2.75, 3.05) is 0 Å². The van der Waals surface area contributed by atoms with E-state index in [2.05, 4.69) is 25.3 Å². The topological polar surface area (TPSA) is 132 Å². The molecule has 1 saturated carbocycles. The molecule has 1 aliphatic carbocycles. The number of hydrogen-bond acceptors (Lipinski definition) is 6. The van der Waals surface area contributed by atoms with Crippen LogP contribution in [0.2, 0.25) is 0 Å². The van der Waals surface area contributed by atoms with Crippen LogP contribution in [0.3, 0.4) is 0 Å². The van der Waals surface area contributed by atoms with Crippen molar-refractivity contribution in [2.45, 2.75) is 36.9 Å². The molecule has 0 radical (unpaired) electrons. The van der Waals surface area contributed by atoms with E-state index in [-0.39, 0.29) is 17.3 Å². The molecule has 1 fully saturated rings. The summed E-state index contributed by atoms with van der Waals surface area (Å²) in [6, 6.07) is 1.99. The van der Waals surface area contributed by atoms with Gasteiger partial charge in [-0.2, -0.15) is 5.21 Å². The third-order valence-corrected chi connectivity index (χ3v) is 4.54. The molecule has 4 N–H and O–H groups in total. The summed E-state index contributed by atoms with van der Waals surface area (Å²) in [4.78, 5) is 0.216. The van der Waals surface area contributed by atoms with E-state index in [4.69, 9.17) is 5.73 Å². The highest BCUT2D eigenvalue weighted by Gasteiger charge is 2.27. The van der Waals surface area contributed by atoms with Gasteiger partial charge in [-0.1, -0.05) is 5.21 Å². The summed E-state index contributed by atoms with van der Waals surface area (Å²) in [5.74, 6) is 0.286. The zero-order valence-electron chi connectivity index (χ0n) is 10.7. The lowest BCUT2D eigenvalue weighted by atomic mass is 10.4. The van der Waals surface area contributed by atoms with Crippen LogP contribution in [0.15, 0.2) is 17.2 Å². The smallest absolute Gasteiger partial charge is 0.242 e. The molecule has 20 heavy (non-hydrogen) atoms. The number of rotatable bonds is 6. The number of nitrogens with two attached hydrogens (primary N) is 1. The van der Waals surface area contributed by atoms with Crippen molar-refractivity contribution in [3.05, 3.63) is 23.8 Å². The number of nitrogens with zero attached hydrogens (tertiary/aromatic N) is 4. The number of H-pyrrole nitrogens is 1. The molecule has 2 heterocycles. The molecule has 2 aromatic rings. The maximum atomic E-state index is 12.2. The third-order valence-electron chi connectivity index (χ3n) is 3.18. The van der Waals surface area contributed by atoms with Crippen LogP contribution in [0, 0.1) is 0 Å². The fourth-order valence-electron chi connectivity index (χ4n) is 2.00. The first-order chi connectivity index (χ1) is 9.60. The summed E-state index contributed by atoms with van der Waals surface area (Å²) in [6.45, 7) is 0.308. The molecule has 9 nitrogen and oxygen atoms in total. The van der Waals surface area contributed by atoms with Gasteiger partial charge in [0.25, 0.3) is 0 Å². The first-order valence-corrected chi connectivity index (χ1v) is 7.71. The molecular formula is C10H15N7O2S. The van der Waals surface area contributed by atoms with E-state index in [9.17, 15) is 8.42 Å². The highest BCUT2D eigenvalue weighted by Crippen LogP contribution is 2.37. The minimum Gasteiger partial charge on any atom is -0.346 e. The Bertz CT molecular complexity index is 687. The van der Waals surface area contributed by atoms with Crippen molar-refractivity contribution in [3.63, 3.8) is 0 Å². The van der Waals surface area contributed by atoms with Crippen molar-refractivity contribution in [2.24, 2.45) is 5.73 Å². The Labute approximate surface area is 115 Å². The summed E-state index contributed by atoms with van der Waals surface area (Å²) >= 11 is 0. The Morgan fingerprint density at radius 1 is 1.50 bits per heavy atom. The minimum atomic E-state index is -3.60. The average Bonchev–Trinajstić information content (AvgIpc) is 2.98. The van der Waals surface area contributed by atoms with Crippen LogP contribution in [0.5, 0.6) is 0 Å². The van der Waals surface area contributed by atoms with Crippen LogP contribution in [0.4, 0.5) is 0 Å². The van der Waals surface area contributed by atoms with E-state index in [1.54, 1.807) is 12.3 Å². The number of aromatic nitrogens is 5. The molecule has 0 unspecified atom stereocenters. The van der Waals surface area contributed by atoms with Crippen molar-refractivity contribution in [3.8, 4) is 0 Å². The maximum absolute atomic E-state index is 12.2. The van der Waals surface area contributed by atoms with E-state index in [1.807, 2.05) is 4.57 Å². The Balaban J connectivity index is 1.79. The van der Waals surface area contributed by atoms with Crippen molar-refractivity contribution in [1.29, 1.82) is 0 Å². The zero-order chi connectivity index (χ0) is 14.2. The molecule has 0 amide bonds. The molecule has 0 spiro atoms. The highest BCUT2D eigenvalue weighted by molar-refractivity contribution is 7.89. The Hall–Kier alpha value is -1.78. The third kappa shape index (κ3) is 2.57. The van der Waals surface area contributed by atoms with E-state index in [1.165, 1.54) is 0 Å². The second-order valence-corrected chi connectivity index (χ2v) is 6.43. The first kappa shape index (κ1) is 13.2. The van der Waals surface area contributed by atoms with Crippen LogP contribution >= 0.6 is 0 Å². The van der Waals surface area contributed by atoms with Gasteiger partial charge in [0.1, 0.15) is 0 Å². The molecule has 0 aromatic carbocycles. The van der Waals surface area contributed by atoms with Crippen molar-refractivity contribution >= 4 is 10.0 Å². The molecule has 10 heteroatoms. The van der Waals surface area contributed by atoms with Crippen molar-refractivity contribution < 1.29 is 8.42 Å². The van der Waals surface area contributed by atoms with E-state index >= 15 is 0 Å². The normalized spacial score (nSPS) is 15.7. The second kappa shape index (κ2) is 4.96. The van der Waals surface area contributed by atoms with Gasteiger partial charge >= 0.3 is 0 Å². The fourth-order valence-corrected chi connectivity index (χ4v) is 3.03. The van der Waals surface area contributed by atoms with Crippen molar-refractivity contribution in [1.82, 2.24) is 29.9 Å². The molecule has 0 atom stereocenters. The van der Waals surface area contributed by atoms with E-state index < -0.39 is 10.0 Å². The minimum absolute atomic E-state index is 0.00853. The molecule has 3 rings (SSSR count). The molecule has 2 aromatic heterocycles. The van der Waals surface area contributed by atoms with Gasteiger partial charge in [-0.15, -0.1) is 10.2 Å². The van der Waals surface area contributed by atoms with Gasteiger partial charge in [-0.25, -0.2) is 13.1 Å². The second-order valence-electron chi connectivity index (χ2n) is 4.66. The lowest BCUT2D eigenvalue weighted by Crippen LogP contribution is -2.23. The van der Waals surface area contributed by atoms with Gasteiger partial charge in [0.2, 0.25) is 10.0 Å². The quantitative estimate of drug-likeness (QED) is 0.644. The Morgan fingerprint density at radius 3 is 2.90 bits per heavy atom. The summed E-state index contributed by atoms with van der Waals surface area (Å²) in [7, 11) is -3.60. The van der Waals surface area contributed by atoms with Gasteiger partial charge in [-0.05, 0) is 18.9 Å². The SMILES string of the molecule is NCc1cc(S(=O)(=O)NCc2nn[nH]n2)cn1C1CC1. The van der Waals surface area contributed by atoms with Gasteiger partial charge in [0.15, 0.2) is 5.82 Å². The molecule has 108 valence electrons. The van der Waals surface area contributed by atoms with E-state index in [0.29, 0.717) is 12.6 Å². The van der Waals surface area contributed by atoms with Crippen LogP contribution in [-0.4, -0.2) is 33.6 Å². The zero-order valence-corrected chi connectivity index (χ0v) is 11.5. The van der Waals surface area contributed by atoms with Gasteiger partial charge < -0.3 is 10.3 Å². The van der Waals surface area contributed by atoms with Gasteiger partial charge in [0, 0.05) is 24.5 Å². The predicted octanol–water partition coefficient (Wildman–Crippen LogP) is -0.727. The average molecular weight is 297 g/mol. The number of sulfonamides is 1. The monoisotopic (exact) mass is 297 g/mol. The summed E-state index contributed by atoms with van der Waals surface area (Å²) in [6.07, 6.45) is 3.77. The van der Waals surface area contributed by atoms with Crippen LogP contribution < -0.4 is 10.5 Å². The number of aromatic amines is 1.